The number of sulfonamides is 1. The maximum Gasteiger partial charge on any atom is 0.263 e. The molecule has 0 saturated heterocycles. The minimum Gasteiger partial charge on any atom is -0.492 e. The molecule has 3 rings (SSSR count). The molecular formula is C20H20Cl2N4O5S. The van der Waals surface area contributed by atoms with Crippen molar-refractivity contribution < 1.29 is 22.7 Å². The van der Waals surface area contributed by atoms with Crippen molar-refractivity contribution >= 4 is 50.9 Å². The van der Waals surface area contributed by atoms with Crippen LogP contribution in [0, 0.1) is 0 Å². The number of amides is 2. The molecule has 0 unspecified atom stereocenters. The van der Waals surface area contributed by atoms with Crippen molar-refractivity contribution in [2.45, 2.75) is 30.7 Å². The Morgan fingerprint density at radius 3 is 2.66 bits per heavy atom. The van der Waals surface area contributed by atoms with Crippen molar-refractivity contribution in [2.75, 3.05) is 6.61 Å². The summed E-state index contributed by atoms with van der Waals surface area (Å²) in [7, 11) is -3.70. The normalized spacial score (nSPS) is 16.0. The number of hydrogen-bond donors (Lipinski definition) is 3. The fourth-order valence-electron chi connectivity index (χ4n) is 2.79. The highest BCUT2D eigenvalue weighted by atomic mass is 35.5. The zero-order valence-corrected chi connectivity index (χ0v) is 19.2. The molecule has 170 valence electrons. The number of fused-ring (bicyclic) bond motifs is 1. The Morgan fingerprint density at radius 1 is 1.16 bits per heavy atom. The van der Waals surface area contributed by atoms with Crippen LogP contribution in [0.5, 0.6) is 5.75 Å². The van der Waals surface area contributed by atoms with Crippen LogP contribution in [0.2, 0.25) is 10.0 Å². The van der Waals surface area contributed by atoms with Gasteiger partial charge in [0.2, 0.25) is 5.91 Å². The first-order valence-electron chi connectivity index (χ1n) is 9.54. The number of rotatable bonds is 7. The van der Waals surface area contributed by atoms with Crippen molar-refractivity contribution in [3.8, 4) is 5.75 Å². The lowest BCUT2D eigenvalue weighted by atomic mass is 10.2. The van der Waals surface area contributed by atoms with Gasteiger partial charge in [-0.2, -0.15) is 0 Å². The lowest BCUT2D eigenvalue weighted by molar-refractivity contribution is -0.129. The van der Waals surface area contributed by atoms with Crippen LogP contribution in [-0.4, -0.2) is 38.7 Å². The van der Waals surface area contributed by atoms with Gasteiger partial charge in [0.15, 0.2) is 0 Å². The van der Waals surface area contributed by atoms with E-state index >= 15 is 0 Å². The number of nitrogens with zero attached hydrogens (tertiary/aromatic N) is 1. The van der Waals surface area contributed by atoms with Gasteiger partial charge in [0.05, 0.1) is 16.5 Å². The Kier molecular flexibility index (Phi) is 7.60. The second-order valence-corrected chi connectivity index (χ2v) is 9.31. The number of halogens is 2. The van der Waals surface area contributed by atoms with Crippen LogP contribution in [0.25, 0.3) is 0 Å². The van der Waals surface area contributed by atoms with E-state index in [2.05, 4.69) is 20.6 Å². The highest BCUT2D eigenvalue weighted by molar-refractivity contribution is 7.90. The zero-order valence-electron chi connectivity index (χ0n) is 16.9. The first kappa shape index (κ1) is 23.8. The molecule has 1 heterocycles. The minimum atomic E-state index is -3.70. The van der Waals surface area contributed by atoms with Crippen LogP contribution in [-0.2, 0) is 19.6 Å². The largest absolute Gasteiger partial charge is 0.492 e. The van der Waals surface area contributed by atoms with E-state index in [4.69, 9.17) is 27.9 Å². The third kappa shape index (κ3) is 5.90. The monoisotopic (exact) mass is 498 g/mol. The van der Waals surface area contributed by atoms with Gasteiger partial charge >= 0.3 is 0 Å². The molecule has 0 radical (unpaired) electrons. The predicted octanol–water partition coefficient (Wildman–Crippen LogP) is 2.43. The average molecular weight is 499 g/mol. The van der Waals surface area contributed by atoms with Gasteiger partial charge in [-0.15, -0.1) is 0 Å². The number of ether oxygens (including phenoxy) is 1. The SMILES string of the molecule is C[C@@H](N=C1NS(=O)(=O)c2ccccc21)C(=O)NNC(=O)CCCOc1ccc(Cl)cc1Cl. The number of carbonyl (C=O) groups is 2. The highest BCUT2D eigenvalue weighted by Crippen LogP contribution is 2.27. The summed E-state index contributed by atoms with van der Waals surface area (Å²) < 4.78 is 32.0. The van der Waals surface area contributed by atoms with Crippen molar-refractivity contribution in [1.82, 2.24) is 15.6 Å². The summed E-state index contributed by atoms with van der Waals surface area (Å²) in [5, 5.41) is 0.864. The quantitative estimate of drug-likeness (QED) is 0.399. The Balaban J connectivity index is 1.44. The van der Waals surface area contributed by atoms with Crippen molar-refractivity contribution in [3.63, 3.8) is 0 Å². The van der Waals surface area contributed by atoms with Crippen LogP contribution in [0.4, 0.5) is 0 Å². The molecule has 32 heavy (non-hydrogen) atoms. The first-order valence-corrected chi connectivity index (χ1v) is 11.8. The fourth-order valence-corrected chi connectivity index (χ4v) is 4.49. The molecule has 12 heteroatoms. The summed E-state index contributed by atoms with van der Waals surface area (Å²) in [6.45, 7) is 1.72. The van der Waals surface area contributed by atoms with E-state index in [0.29, 0.717) is 27.8 Å². The highest BCUT2D eigenvalue weighted by Gasteiger charge is 2.31. The molecule has 1 aliphatic rings. The molecular weight excluding hydrogens is 479 g/mol. The summed E-state index contributed by atoms with van der Waals surface area (Å²) in [6.07, 6.45) is 0.485. The molecule has 1 aliphatic heterocycles. The zero-order chi connectivity index (χ0) is 23.3. The molecule has 9 nitrogen and oxygen atoms in total. The van der Waals surface area contributed by atoms with Crippen LogP contribution in [0.1, 0.15) is 25.3 Å². The van der Waals surface area contributed by atoms with Gasteiger partial charge in [0.25, 0.3) is 15.9 Å². The molecule has 3 N–H and O–H groups in total. The molecule has 0 saturated carbocycles. The van der Waals surface area contributed by atoms with Crippen LogP contribution >= 0.6 is 23.2 Å². The standard InChI is InChI=1S/C20H20Cl2N4O5S/c1-12(23-19-14-5-2-3-6-17(14)32(29,30)26-19)20(28)25-24-18(27)7-4-10-31-16-9-8-13(21)11-15(16)22/h2-3,5-6,8-9,11-12H,4,7,10H2,1H3,(H,23,26)(H,24,27)(H,25,28)/t12-/m1/s1. The molecule has 2 amide bonds. The van der Waals surface area contributed by atoms with Gasteiger partial charge < -0.3 is 4.74 Å². The predicted molar refractivity (Wildman–Crippen MR) is 120 cm³/mol. The smallest absolute Gasteiger partial charge is 0.263 e. The fraction of sp³-hybridized carbons (Fsp3) is 0.250. The molecule has 2 aromatic rings. The Labute approximate surface area is 195 Å². The Bertz CT molecular complexity index is 1170. The third-order valence-corrected chi connectivity index (χ3v) is 6.32. The lowest BCUT2D eigenvalue weighted by Gasteiger charge is -2.11. The van der Waals surface area contributed by atoms with Gasteiger partial charge in [0.1, 0.15) is 17.6 Å². The maximum absolute atomic E-state index is 12.2. The van der Waals surface area contributed by atoms with Gasteiger partial charge in [-0.3, -0.25) is 30.2 Å². The summed E-state index contributed by atoms with van der Waals surface area (Å²) >= 11 is 11.8. The molecule has 1 atom stereocenters. The van der Waals surface area contributed by atoms with Crippen LogP contribution < -0.4 is 20.3 Å². The number of hydrogen-bond acceptors (Lipinski definition) is 6. The molecule has 0 fully saturated rings. The third-order valence-electron chi connectivity index (χ3n) is 4.39. The number of nitrogens with one attached hydrogen (secondary N) is 3. The van der Waals surface area contributed by atoms with Crippen molar-refractivity contribution in [1.29, 1.82) is 0 Å². The van der Waals surface area contributed by atoms with Gasteiger partial charge in [-0.25, -0.2) is 8.42 Å². The van der Waals surface area contributed by atoms with Crippen molar-refractivity contribution in [2.24, 2.45) is 4.99 Å². The average Bonchev–Trinajstić information content (AvgIpc) is 3.00. The second kappa shape index (κ2) is 10.2. The van der Waals surface area contributed by atoms with Crippen LogP contribution in [0.15, 0.2) is 52.4 Å². The van der Waals surface area contributed by atoms with E-state index in [0.717, 1.165) is 0 Å². The summed E-state index contributed by atoms with van der Waals surface area (Å²) in [5.41, 5.74) is 4.96. The van der Waals surface area contributed by atoms with Crippen molar-refractivity contribution in [3.05, 3.63) is 58.1 Å². The number of hydrazine groups is 1. The minimum absolute atomic E-state index is 0.0765. The Hall–Kier alpha value is -2.82. The maximum atomic E-state index is 12.2. The van der Waals surface area contributed by atoms with E-state index < -0.39 is 27.9 Å². The summed E-state index contributed by atoms with van der Waals surface area (Å²) in [6, 6.07) is 10.2. The van der Waals surface area contributed by atoms with Gasteiger partial charge in [-0.1, -0.05) is 35.3 Å². The van der Waals surface area contributed by atoms with E-state index in [9.17, 15) is 18.0 Å². The summed E-state index contributed by atoms with van der Waals surface area (Å²) in [5.74, 6) is -0.482. The van der Waals surface area contributed by atoms with Gasteiger partial charge in [-0.05, 0) is 43.7 Å². The van der Waals surface area contributed by atoms with E-state index in [1.807, 2.05) is 0 Å². The van der Waals surface area contributed by atoms with E-state index in [1.165, 1.54) is 13.0 Å². The van der Waals surface area contributed by atoms with Crippen LogP contribution in [0.3, 0.4) is 0 Å². The number of amidine groups is 1. The molecule has 0 aromatic heterocycles. The van der Waals surface area contributed by atoms with E-state index in [1.54, 1.807) is 36.4 Å². The number of aliphatic imine (C=N–C) groups is 1. The Morgan fingerprint density at radius 2 is 1.91 bits per heavy atom. The lowest BCUT2D eigenvalue weighted by Crippen LogP contribution is -2.45. The second-order valence-electron chi connectivity index (χ2n) is 6.82. The summed E-state index contributed by atoms with van der Waals surface area (Å²) in [4.78, 5) is 28.4. The molecule has 0 spiro atoms. The van der Waals surface area contributed by atoms with E-state index in [-0.39, 0.29) is 23.8 Å². The first-order chi connectivity index (χ1) is 15.2. The van der Waals surface area contributed by atoms with Gasteiger partial charge in [0, 0.05) is 17.0 Å². The molecule has 0 bridgehead atoms. The number of carbonyl (C=O) groups excluding carboxylic acids is 2. The molecule has 2 aromatic carbocycles. The molecule has 0 aliphatic carbocycles. The topological polar surface area (TPSA) is 126 Å². The number of benzene rings is 2.